The number of nitrogens with one attached hydrogen (secondary N) is 1. The normalized spacial score (nSPS) is 16.8. The summed E-state index contributed by atoms with van der Waals surface area (Å²) in [4.78, 5) is 25.2. The number of para-hydroxylation sites is 3. The molecule has 340 valence electrons. The number of fused-ring (bicyclic) bond motifs is 8. The van der Waals surface area contributed by atoms with Gasteiger partial charge >= 0.3 is 0 Å². The van der Waals surface area contributed by atoms with Gasteiger partial charge in [0.15, 0.2) is 5.78 Å². The number of rotatable bonds is 6. The number of aryl methyl sites for hydroxylation is 7. The molecule has 1 N–H and O–H groups in total. The zero-order chi connectivity index (χ0) is 44.8. The van der Waals surface area contributed by atoms with Crippen molar-refractivity contribution in [2.75, 3.05) is 31.2 Å². The van der Waals surface area contributed by atoms with Crippen molar-refractivity contribution in [3.63, 3.8) is 0 Å². The van der Waals surface area contributed by atoms with E-state index < -0.39 is 0 Å². The molecule has 0 bridgehead atoms. The minimum Gasteiger partial charge on any atom is -0.344 e. The number of nitroso groups, excluding NO2 is 1. The molecule has 13 rings (SSSR count). The van der Waals surface area contributed by atoms with Crippen LogP contribution in [0, 0.1) is 10.7 Å². The summed E-state index contributed by atoms with van der Waals surface area (Å²) in [5.74, 6) is -0.197. The first-order chi connectivity index (χ1) is 32.5. The lowest BCUT2D eigenvalue weighted by Crippen LogP contribution is -2.32. The van der Waals surface area contributed by atoms with Crippen molar-refractivity contribution in [1.29, 1.82) is 0 Å². The van der Waals surface area contributed by atoms with Gasteiger partial charge in [-0.2, -0.15) is 0 Å². The van der Waals surface area contributed by atoms with E-state index in [1.165, 1.54) is 126 Å². The maximum atomic E-state index is 13.0. The topological polar surface area (TPSA) is 74.9 Å². The quantitative estimate of drug-likeness (QED) is 0.133. The first kappa shape index (κ1) is 44.0. The molecule has 0 atom stereocenters. The number of ketones is 1. The molecule has 0 unspecified atom stereocenters. The second-order valence-electron chi connectivity index (χ2n) is 18.9. The van der Waals surface area contributed by atoms with E-state index in [2.05, 4.69) is 85.3 Å². The number of halogens is 1. The fraction of sp³-hybridized carbons (Fsp3) is 0.386. The Hall–Kier alpha value is -5.90. The first-order valence-electron chi connectivity index (χ1n) is 24.7. The second-order valence-corrected chi connectivity index (χ2v) is 18.9. The summed E-state index contributed by atoms with van der Waals surface area (Å²) in [7, 11) is 0. The molecular formula is C57H63FN6O2. The van der Waals surface area contributed by atoms with Gasteiger partial charge in [-0.25, -0.2) is 9.40 Å². The van der Waals surface area contributed by atoms with Gasteiger partial charge in [0.05, 0.1) is 22.0 Å². The van der Waals surface area contributed by atoms with Crippen LogP contribution < -0.4 is 10.3 Å². The minimum absolute atomic E-state index is 0.102. The van der Waals surface area contributed by atoms with E-state index in [1.54, 1.807) is 40.1 Å². The Morgan fingerprint density at radius 2 is 1.15 bits per heavy atom. The van der Waals surface area contributed by atoms with Crippen LogP contribution in [0.3, 0.4) is 0 Å². The van der Waals surface area contributed by atoms with E-state index in [0.29, 0.717) is 12.0 Å². The highest BCUT2D eigenvalue weighted by Crippen LogP contribution is 2.37. The summed E-state index contributed by atoms with van der Waals surface area (Å²) in [5, 5.41) is 10.9. The molecule has 66 heavy (non-hydrogen) atoms. The molecule has 7 heterocycles. The predicted octanol–water partition coefficient (Wildman–Crippen LogP) is 11.7. The summed E-state index contributed by atoms with van der Waals surface area (Å²) in [6.07, 6.45) is 16.1. The molecule has 7 aromatic rings. The number of carbonyl (C=O) groups excluding carboxylic acids is 1. The van der Waals surface area contributed by atoms with Crippen LogP contribution >= 0.6 is 0 Å². The van der Waals surface area contributed by atoms with E-state index in [9.17, 15) is 14.1 Å². The SMILES string of the molecule is O=C(CCCN1CCc2c(c3cccc4c3n2CCC4)C1)c1ccc(F)cc1.O=NN1CCCc2ccccc21.c1cc2c3c(c1)c1c(n3CCC2)CCNC1.c1ccc2c(c1)CCCC2. The molecule has 0 amide bonds. The lowest BCUT2D eigenvalue weighted by Gasteiger charge is -2.28. The van der Waals surface area contributed by atoms with Crippen LogP contribution in [0.25, 0.3) is 21.8 Å². The summed E-state index contributed by atoms with van der Waals surface area (Å²) in [5.41, 5.74) is 18.2. The van der Waals surface area contributed by atoms with Crippen LogP contribution in [0.5, 0.6) is 0 Å². The van der Waals surface area contributed by atoms with Crippen LogP contribution in [-0.2, 0) is 71.1 Å². The van der Waals surface area contributed by atoms with Crippen molar-refractivity contribution in [3.8, 4) is 0 Å². The number of aromatic nitrogens is 2. The highest BCUT2D eigenvalue weighted by atomic mass is 19.1. The molecule has 5 aliphatic heterocycles. The molecule has 0 saturated carbocycles. The van der Waals surface area contributed by atoms with Gasteiger partial charge < -0.3 is 14.5 Å². The smallest absolute Gasteiger partial charge is 0.162 e. The first-order valence-corrected chi connectivity index (χ1v) is 24.7. The van der Waals surface area contributed by atoms with Crippen molar-refractivity contribution in [3.05, 3.63) is 176 Å². The maximum Gasteiger partial charge on any atom is 0.162 e. The Morgan fingerprint density at radius 3 is 1.83 bits per heavy atom. The molecule has 0 fully saturated rings. The van der Waals surface area contributed by atoms with Crippen LogP contribution in [0.15, 0.2) is 114 Å². The Kier molecular flexibility index (Phi) is 13.5. The average molecular weight is 883 g/mol. The zero-order valence-corrected chi connectivity index (χ0v) is 38.4. The highest BCUT2D eigenvalue weighted by molar-refractivity contribution is 5.96. The van der Waals surface area contributed by atoms with E-state index in [1.807, 2.05) is 24.3 Å². The molecular weight excluding hydrogens is 820 g/mol. The molecule has 5 aromatic carbocycles. The molecule has 9 heteroatoms. The number of nitrogens with zero attached hydrogens (tertiary/aromatic N) is 5. The standard InChI is InChI=1S/C24H25FN2O.C14H16N2.C10H12.C9H10N2O/c25-19-10-8-17(9-11-19)23(28)7-3-13-26-15-12-22-21(16-26)20-6-1-4-18-5-2-14-27(22)24(18)20;1-3-10-4-2-8-16-13-6-7-15-9-12(13)11(5-1)14(10)16;1-2-6-10-8-4-3-7-9(10)5-1;12-10-11-7-3-5-8-4-1-2-6-9(8)11/h1,4,6,8-11H,2-3,5,7,12-16H2;1,3,5,15H,2,4,6-9H2;1-2,5-6H,3-4,7-8H2;1-2,4,6H,3,5,7H2. The summed E-state index contributed by atoms with van der Waals surface area (Å²) in [6, 6.07) is 36.2. The predicted molar refractivity (Wildman–Crippen MR) is 266 cm³/mol. The lowest BCUT2D eigenvalue weighted by atomic mass is 9.92. The third kappa shape index (κ3) is 9.25. The number of hydrogen-bond acceptors (Lipinski definition) is 5. The molecule has 2 aromatic heterocycles. The fourth-order valence-corrected chi connectivity index (χ4v) is 11.6. The molecule has 1 aliphatic carbocycles. The Bertz CT molecular complexity index is 2820. The van der Waals surface area contributed by atoms with E-state index in [-0.39, 0.29) is 11.6 Å². The van der Waals surface area contributed by atoms with Gasteiger partial charge in [-0.15, -0.1) is 4.91 Å². The third-order valence-electron chi connectivity index (χ3n) is 14.8. The van der Waals surface area contributed by atoms with E-state index >= 15 is 0 Å². The number of anilines is 1. The largest absolute Gasteiger partial charge is 0.344 e. The van der Waals surface area contributed by atoms with Crippen LogP contribution in [0.4, 0.5) is 10.1 Å². The van der Waals surface area contributed by atoms with Crippen LogP contribution in [-0.4, -0.2) is 46.0 Å². The third-order valence-corrected chi connectivity index (χ3v) is 14.8. The minimum atomic E-state index is -0.299. The van der Waals surface area contributed by atoms with Gasteiger partial charge in [0, 0.05) is 92.8 Å². The van der Waals surface area contributed by atoms with Gasteiger partial charge in [-0.05, 0) is 146 Å². The van der Waals surface area contributed by atoms with Gasteiger partial charge in [0.1, 0.15) is 5.82 Å². The molecule has 6 aliphatic rings. The van der Waals surface area contributed by atoms with Gasteiger partial charge in [0.2, 0.25) is 0 Å². The maximum absolute atomic E-state index is 13.0. The number of benzene rings is 5. The number of carbonyl (C=O) groups is 1. The van der Waals surface area contributed by atoms with Crippen molar-refractivity contribution in [2.45, 2.75) is 116 Å². The Labute approximate surface area is 388 Å². The van der Waals surface area contributed by atoms with Crippen molar-refractivity contribution in [1.82, 2.24) is 19.4 Å². The fourth-order valence-electron chi connectivity index (χ4n) is 11.6. The van der Waals surface area contributed by atoms with Gasteiger partial charge in [-0.1, -0.05) is 78.9 Å². The van der Waals surface area contributed by atoms with Crippen LogP contribution in [0.2, 0.25) is 0 Å². The van der Waals surface area contributed by atoms with Gasteiger partial charge in [-0.3, -0.25) is 9.69 Å². The highest BCUT2D eigenvalue weighted by Gasteiger charge is 2.27. The van der Waals surface area contributed by atoms with Gasteiger partial charge in [0.25, 0.3) is 0 Å². The number of hydrogen-bond donors (Lipinski definition) is 1. The zero-order valence-electron chi connectivity index (χ0n) is 38.4. The van der Waals surface area contributed by atoms with Crippen molar-refractivity contribution < 1.29 is 9.18 Å². The van der Waals surface area contributed by atoms with Crippen molar-refractivity contribution >= 4 is 33.3 Å². The molecule has 8 nitrogen and oxygen atoms in total. The Balaban J connectivity index is 0.000000113. The monoisotopic (exact) mass is 882 g/mol. The summed E-state index contributed by atoms with van der Waals surface area (Å²) in [6.45, 7) is 8.29. The number of Topliss-reactive ketones (excluding diaryl/α,β-unsaturated/α-hetero) is 1. The molecule has 0 spiro atoms. The summed E-state index contributed by atoms with van der Waals surface area (Å²) < 4.78 is 18.2. The lowest BCUT2D eigenvalue weighted by molar-refractivity contribution is 0.0973. The Morgan fingerprint density at radius 1 is 0.576 bits per heavy atom. The average Bonchev–Trinajstić information content (AvgIpc) is 3.88. The second kappa shape index (κ2) is 20.3. The van der Waals surface area contributed by atoms with E-state index in [4.69, 9.17) is 0 Å². The van der Waals surface area contributed by atoms with E-state index in [0.717, 1.165) is 77.2 Å². The van der Waals surface area contributed by atoms with Crippen LogP contribution in [0.1, 0.15) is 106 Å². The van der Waals surface area contributed by atoms with Crippen molar-refractivity contribution in [2.24, 2.45) is 5.29 Å². The molecule has 0 saturated heterocycles. The molecule has 0 radical (unpaired) electrons. The summed E-state index contributed by atoms with van der Waals surface area (Å²) >= 11 is 0.